The Kier molecular flexibility index (Phi) is 3.56. The summed E-state index contributed by atoms with van der Waals surface area (Å²) in [7, 11) is 0. The molecule has 2 heterocycles. The molecule has 102 valence electrons. The van der Waals surface area contributed by atoms with E-state index in [0.717, 1.165) is 44.5 Å². The molecule has 0 amide bonds. The second-order valence-corrected chi connectivity index (χ2v) is 5.75. The minimum Gasteiger partial charge on any atom is -0.489 e. The molecule has 3 nitrogen and oxygen atoms in total. The minimum absolute atomic E-state index is 0.219. The van der Waals surface area contributed by atoms with E-state index in [1.807, 2.05) is 0 Å². The van der Waals surface area contributed by atoms with Crippen molar-refractivity contribution in [2.45, 2.75) is 25.9 Å². The smallest absolute Gasteiger partial charge is 0.124 e. The van der Waals surface area contributed by atoms with Crippen LogP contribution in [0.25, 0.3) is 0 Å². The predicted octanol–water partition coefficient (Wildman–Crippen LogP) is 2.15. The number of aryl methyl sites for hydroxylation is 1. The van der Waals surface area contributed by atoms with E-state index in [0.29, 0.717) is 5.92 Å². The quantitative estimate of drug-likeness (QED) is 0.776. The Morgan fingerprint density at radius 1 is 1.26 bits per heavy atom. The van der Waals surface area contributed by atoms with E-state index in [1.54, 1.807) is 0 Å². The summed E-state index contributed by atoms with van der Waals surface area (Å²) < 4.78 is 6.07. The highest BCUT2D eigenvalue weighted by atomic mass is 16.5. The number of rotatable bonds is 4. The molecule has 2 aliphatic rings. The van der Waals surface area contributed by atoms with Gasteiger partial charge in [0.1, 0.15) is 18.1 Å². The summed E-state index contributed by atoms with van der Waals surface area (Å²) in [4.78, 5) is 13.4. The van der Waals surface area contributed by atoms with Crippen LogP contribution in [0.5, 0.6) is 5.75 Å². The van der Waals surface area contributed by atoms with Crippen LogP contribution < -0.4 is 4.74 Å². The molecule has 1 aromatic carbocycles. The summed E-state index contributed by atoms with van der Waals surface area (Å²) in [6, 6.07) is 8.37. The molecule has 2 aliphatic heterocycles. The topological polar surface area (TPSA) is 29.5 Å². The van der Waals surface area contributed by atoms with Crippen molar-refractivity contribution in [3.63, 3.8) is 0 Å². The third kappa shape index (κ3) is 2.66. The van der Waals surface area contributed by atoms with Crippen molar-refractivity contribution in [3.05, 3.63) is 29.8 Å². The Hall–Kier alpha value is -1.35. The van der Waals surface area contributed by atoms with Gasteiger partial charge < -0.3 is 9.53 Å². The third-order valence-electron chi connectivity index (χ3n) is 4.40. The number of carbonyl (C=O) groups is 1. The van der Waals surface area contributed by atoms with Gasteiger partial charge in [0.2, 0.25) is 0 Å². The van der Waals surface area contributed by atoms with Crippen LogP contribution in [0.15, 0.2) is 24.3 Å². The number of benzene rings is 1. The maximum Gasteiger partial charge on any atom is 0.124 e. The van der Waals surface area contributed by atoms with Crippen LogP contribution in [0.3, 0.4) is 0 Å². The summed E-state index contributed by atoms with van der Waals surface area (Å²) in [5.41, 5.74) is 1.33. The number of carbonyl (C=O) groups excluding carboxylic acids is 1. The SMILES string of the molecule is CCc1ccc(OC2CC3CN(C2)CC3C=O)cc1. The lowest BCUT2D eigenvalue weighted by Crippen LogP contribution is -2.39. The molecule has 19 heavy (non-hydrogen) atoms. The first-order valence-electron chi connectivity index (χ1n) is 7.21. The zero-order valence-electron chi connectivity index (χ0n) is 11.4. The first kappa shape index (κ1) is 12.7. The van der Waals surface area contributed by atoms with E-state index in [9.17, 15) is 4.79 Å². The zero-order valence-corrected chi connectivity index (χ0v) is 11.4. The van der Waals surface area contributed by atoms with Crippen molar-refractivity contribution >= 4 is 6.29 Å². The Labute approximate surface area is 114 Å². The van der Waals surface area contributed by atoms with Gasteiger partial charge in [-0.15, -0.1) is 0 Å². The van der Waals surface area contributed by atoms with Gasteiger partial charge in [0.05, 0.1) is 0 Å². The van der Waals surface area contributed by atoms with Gasteiger partial charge in [-0.05, 0) is 36.5 Å². The van der Waals surface area contributed by atoms with E-state index in [2.05, 4.69) is 36.1 Å². The minimum atomic E-state index is 0.219. The maximum absolute atomic E-state index is 11.0. The van der Waals surface area contributed by atoms with Gasteiger partial charge in [0, 0.05) is 25.6 Å². The Balaban J connectivity index is 1.63. The van der Waals surface area contributed by atoms with Gasteiger partial charge in [-0.1, -0.05) is 19.1 Å². The fourth-order valence-corrected chi connectivity index (χ4v) is 3.32. The lowest BCUT2D eigenvalue weighted by molar-refractivity contribution is -0.111. The normalized spacial score (nSPS) is 33.1. The van der Waals surface area contributed by atoms with Gasteiger partial charge in [0.15, 0.2) is 0 Å². The number of piperidine rings is 1. The fourth-order valence-electron chi connectivity index (χ4n) is 3.32. The molecule has 1 aromatic rings. The van der Waals surface area contributed by atoms with Crippen LogP contribution >= 0.6 is 0 Å². The highest BCUT2D eigenvalue weighted by Crippen LogP contribution is 2.32. The first-order chi connectivity index (χ1) is 9.28. The van der Waals surface area contributed by atoms with Crippen molar-refractivity contribution in [1.82, 2.24) is 4.90 Å². The van der Waals surface area contributed by atoms with Crippen molar-refractivity contribution in [2.24, 2.45) is 11.8 Å². The lowest BCUT2D eigenvalue weighted by Gasteiger charge is -2.30. The zero-order chi connectivity index (χ0) is 13.2. The molecule has 0 radical (unpaired) electrons. The Morgan fingerprint density at radius 2 is 2.05 bits per heavy atom. The molecule has 2 saturated heterocycles. The van der Waals surface area contributed by atoms with Crippen molar-refractivity contribution in [2.75, 3.05) is 19.6 Å². The summed E-state index contributed by atoms with van der Waals surface area (Å²) in [5.74, 6) is 1.66. The second kappa shape index (κ2) is 5.33. The van der Waals surface area contributed by atoms with Crippen LogP contribution in [0.2, 0.25) is 0 Å². The molecule has 0 saturated carbocycles. The average molecular weight is 259 g/mol. The number of hydrogen-bond acceptors (Lipinski definition) is 3. The van der Waals surface area contributed by atoms with Crippen LogP contribution in [0.1, 0.15) is 18.9 Å². The molecule has 0 N–H and O–H groups in total. The molecular weight excluding hydrogens is 238 g/mol. The molecular formula is C16H21NO2. The van der Waals surface area contributed by atoms with Gasteiger partial charge in [0.25, 0.3) is 0 Å². The summed E-state index contributed by atoms with van der Waals surface area (Å²) >= 11 is 0. The molecule has 3 rings (SSSR count). The van der Waals surface area contributed by atoms with E-state index in [-0.39, 0.29) is 12.0 Å². The van der Waals surface area contributed by atoms with E-state index in [4.69, 9.17) is 4.74 Å². The molecule has 0 aliphatic carbocycles. The van der Waals surface area contributed by atoms with Gasteiger partial charge in [-0.25, -0.2) is 0 Å². The Morgan fingerprint density at radius 3 is 2.74 bits per heavy atom. The number of aldehydes is 1. The van der Waals surface area contributed by atoms with Crippen LogP contribution in [-0.4, -0.2) is 36.9 Å². The Bertz CT molecular complexity index is 443. The molecule has 4 atom stereocenters. The highest BCUT2D eigenvalue weighted by Gasteiger charge is 2.40. The summed E-state index contributed by atoms with van der Waals surface area (Å²) in [5, 5.41) is 0. The van der Waals surface area contributed by atoms with E-state index >= 15 is 0 Å². The standard InChI is InChI=1S/C16H21NO2/c1-2-12-3-5-15(6-4-12)19-16-7-13-8-17(10-16)9-14(13)11-18/h3-6,11,13-14,16H,2,7-10H2,1H3. The number of nitrogens with zero attached hydrogens (tertiary/aromatic N) is 1. The van der Waals surface area contributed by atoms with Crippen LogP contribution in [0, 0.1) is 11.8 Å². The van der Waals surface area contributed by atoms with Crippen LogP contribution in [0.4, 0.5) is 0 Å². The van der Waals surface area contributed by atoms with Gasteiger partial charge in [-0.3, -0.25) is 4.90 Å². The summed E-state index contributed by atoms with van der Waals surface area (Å²) in [6.45, 7) is 5.10. The van der Waals surface area contributed by atoms with Gasteiger partial charge >= 0.3 is 0 Å². The molecule has 2 bridgehead atoms. The van der Waals surface area contributed by atoms with E-state index in [1.165, 1.54) is 5.56 Å². The van der Waals surface area contributed by atoms with E-state index < -0.39 is 0 Å². The fraction of sp³-hybridized carbons (Fsp3) is 0.562. The van der Waals surface area contributed by atoms with Gasteiger partial charge in [-0.2, -0.15) is 0 Å². The molecule has 2 fully saturated rings. The average Bonchev–Trinajstić information content (AvgIpc) is 2.74. The van der Waals surface area contributed by atoms with Crippen molar-refractivity contribution < 1.29 is 9.53 Å². The van der Waals surface area contributed by atoms with Crippen molar-refractivity contribution in [3.8, 4) is 5.75 Å². The highest BCUT2D eigenvalue weighted by molar-refractivity contribution is 5.55. The number of ether oxygens (including phenoxy) is 1. The molecule has 0 spiro atoms. The van der Waals surface area contributed by atoms with Crippen LogP contribution in [-0.2, 0) is 11.2 Å². The lowest BCUT2D eigenvalue weighted by atomic mass is 9.91. The second-order valence-electron chi connectivity index (χ2n) is 5.75. The maximum atomic E-state index is 11.0. The molecule has 3 heteroatoms. The predicted molar refractivity (Wildman–Crippen MR) is 74.3 cm³/mol. The number of hydrogen-bond donors (Lipinski definition) is 0. The monoisotopic (exact) mass is 259 g/mol. The largest absolute Gasteiger partial charge is 0.489 e. The molecule has 0 aromatic heterocycles. The summed E-state index contributed by atoms with van der Waals surface area (Å²) in [6.07, 6.45) is 3.43. The first-order valence-corrected chi connectivity index (χ1v) is 7.21. The third-order valence-corrected chi connectivity index (χ3v) is 4.40. The van der Waals surface area contributed by atoms with Crippen molar-refractivity contribution in [1.29, 1.82) is 0 Å². The number of fused-ring (bicyclic) bond motifs is 2. The molecule has 4 unspecified atom stereocenters.